The van der Waals surface area contributed by atoms with Crippen molar-refractivity contribution in [2.24, 2.45) is 0 Å². The third-order valence-electron chi connectivity index (χ3n) is 1.76. The van der Waals surface area contributed by atoms with Gasteiger partial charge in [0.2, 0.25) is 0 Å². The molecule has 0 fully saturated rings. The van der Waals surface area contributed by atoms with Gasteiger partial charge in [-0.2, -0.15) is 0 Å². The van der Waals surface area contributed by atoms with Crippen LogP contribution in [0.5, 0.6) is 5.75 Å². The first kappa shape index (κ1) is 11.5. The smallest absolute Gasteiger partial charge is 0.179 e. The molecule has 0 radical (unpaired) electrons. The fourth-order valence-electron chi connectivity index (χ4n) is 1.00. The molecule has 0 atom stereocenters. The monoisotopic (exact) mass is 278 g/mol. The quantitative estimate of drug-likeness (QED) is 0.790. The van der Waals surface area contributed by atoms with Gasteiger partial charge in [-0.25, -0.2) is 8.42 Å². The summed E-state index contributed by atoms with van der Waals surface area (Å²) < 4.78 is 28.1. The molecule has 0 aliphatic rings. The van der Waals surface area contributed by atoms with Crippen LogP contribution in [0.3, 0.4) is 0 Å². The Hall–Kier alpha value is -0.550. The van der Waals surface area contributed by atoms with Gasteiger partial charge < -0.3 is 4.74 Å². The van der Waals surface area contributed by atoms with Crippen LogP contribution in [-0.2, 0) is 9.84 Å². The van der Waals surface area contributed by atoms with E-state index < -0.39 is 9.84 Å². The van der Waals surface area contributed by atoms with Crippen LogP contribution in [0.2, 0.25) is 0 Å². The molecule has 1 rings (SSSR count). The van der Waals surface area contributed by atoms with Gasteiger partial charge >= 0.3 is 0 Å². The van der Waals surface area contributed by atoms with E-state index >= 15 is 0 Å². The number of benzene rings is 1. The molecule has 0 spiro atoms. The first-order chi connectivity index (χ1) is 6.60. The van der Waals surface area contributed by atoms with Gasteiger partial charge in [0.05, 0.1) is 17.8 Å². The van der Waals surface area contributed by atoms with Gasteiger partial charge in [0.1, 0.15) is 5.75 Å². The molecular formula is C9H11BrO3S. The maximum atomic E-state index is 11.6. The van der Waals surface area contributed by atoms with Gasteiger partial charge in [0, 0.05) is 5.33 Å². The zero-order valence-electron chi connectivity index (χ0n) is 7.73. The Morgan fingerprint density at radius 3 is 2.29 bits per heavy atom. The van der Waals surface area contributed by atoms with Gasteiger partial charge in [-0.05, 0) is 24.3 Å². The number of methoxy groups -OCH3 is 1. The van der Waals surface area contributed by atoms with E-state index in [-0.39, 0.29) is 5.75 Å². The summed E-state index contributed by atoms with van der Waals surface area (Å²) in [6.45, 7) is 0. The van der Waals surface area contributed by atoms with E-state index in [9.17, 15) is 8.42 Å². The Morgan fingerprint density at radius 2 is 1.86 bits per heavy atom. The third-order valence-corrected chi connectivity index (χ3v) is 4.42. The van der Waals surface area contributed by atoms with Crippen molar-refractivity contribution in [2.45, 2.75) is 4.90 Å². The van der Waals surface area contributed by atoms with Crippen LogP contribution in [0, 0.1) is 0 Å². The second kappa shape index (κ2) is 4.79. The summed E-state index contributed by atoms with van der Waals surface area (Å²) in [5.74, 6) is 0.766. The number of ether oxygens (including phenoxy) is 1. The summed E-state index contributed by atoms with van der Waals surface area (Å²) in [5.41, 5.74) is 0. The summed E-state index contributed by atoms with van der Waals surface area (Å²) in [4.78, 5) is 0.331. The van der Waals surface area contributed by atoms with Gasteiger partial charge in [-0.3, -0.25) is 0 Å². The lowest BCUT2D eigenvalue weighted by Crippen LogP contribution is -2.07. The Labute approximate surface area is 92.1 Å². The molecule has 78 valence electrons. The molecule has 0 amide bonds. The zero-order chi connectivity index (χ0) is 10.6. The lowest BCUT2D eigenvalue weighted by molar-refractivity contribution is 0.414. The highest BCUT2D eigenvalue weighted by Gasteiger charge is 2.12. The lowest BCUT2D eigenvalue weighted by Gasteiger charge is -2.03. The van der Waals surface area contributed by atoms with Crippen molar-refractivity contribution in [1.82, 2.24) is 0 Å². The van der Waals surface area contributed by atoms with Crippen LogP contribution in [0.4, 0.5) is 0 Å². The Morgan fingerprint density at radius 1 is 1.29 bits per heavy atom. The molecule has 0 saturated carbocycles. The predicted molar refractivity (Wildman–Crippen MR) is 58.8 cm³/mol. The Balaban J connectivity index is 2.97. The molecule has 0 bridgehead atoms. The van der Waals surface area contributed by atoms with Crippen LogP contribution >= 0.6 is 15.9 Å². The van der Waals surface area contributed by atoms with Crippen LogP contribution in [0.25, 0.3) is 0 Å². The number of hydrogen-bond donors (Lipinski definition) is 0. The molecule has 1 aromatic rings. The number of hydrogen-bond acceptors (Lipinski definition) is 3. The van der Waals surface area contributed by atoms with Crippen molar-refractivity contribution < 1.29 is 13.2 Å². The van der Waals surface area contributed by atoms with Gasteiger partial charge in [0.15, 0.2) is 9.84 Å². The SMILES string of the molecule is COc1ccc(S(=O)(=O)CCBr)cc1. The third kappa shape index (κ3) is 2.72. The number of halogens is 1. The molecule has 0 N–H and O–H groups in total. The molecule has 0 aromatic heterocycles. The van der Waals surface area contributed by atoms with Crippen LogP contribution in [0.15, 0.2) is 29.2 Å². The number of rotatable bonds is 4. The average Bonchev–Trinajstić information content (AvgIpc) is 2.18. The average molecular weight is 279 g/mol. The molecule has 5 heteroatoms. The maximum Gasteiger partial charge on any atom is 0.179 e. The molecule has 3 nitrogen and oxygen atoms in total. The summed E-state index contributed by atoms with van der Waals surface area (Å²) in [6, 6.07) is 6.38. The van der Waals surface area contributed by atoms with Gasteiger partial charge in [0.25, 0.3) is 0 Å². The van der Waals surface area contributed by atoms with Crippen molar-refractivity contribution in [3.63, 3.8) is 0 Å². The minimum atomic E-state index is -3.14. The molecular weight excluding hydrogens is 268 g/mol. The minimum absolute atomic E-state index is 0.110. The summed E-state index contributed by atoms with van der Waals surface area (Å²) in [7, 11) is -1.59. The largest absolute Gasteiger partial charge is 0.497 e. The van der Waals surface area contributed by atoms with Gasteiger partial charge in [-0.1, -0.05) is 15.9 Å². The van der Waals surface area contributed by atoms with Gasteiger partial charge in [-0.15, -0.1) is 0 Å². The van der Waals surface area contributed by atoms with E-state index in [0.717, 1.165) is 0 Å². The fraction of sp³-hybridized carbons (Fsp3) is 0.333. The van der Waals surface area contributed by atoms with Crippen molar-refractivity contribution in [1.29, 1.82) is 0 Å². The van der Waals surface area contributed by atoms with Crippen molar-refractivity contribution in [3.05, 3.63) is 24.3 Å². The lowest BCUT2D eigenvalue weighted by atomic mass is 10.3. The topological polar surface area (TPSA) is 43.4 Å². The summed E-state index contributed by atoms with van der Waals surface area (Å²) >= 11 is 3.11. The van der Waals surface area contributed by atoms with Crippen molar-refractivity contribution in [2.75, 3.05) is 18.2 Å². The highest BCUT2D eigenvalue weighted by Crippen LogP contribution is 2.16. The summed E-state index contributed by atoms with van der Waals surface area (Å²) in [5, 5.41) is 0.446. The number of alkyl halides is 1. The fourth-order valence-corrected chi connectivity index (χ4v) is 3.27. The van der Waals surface area contributed by atoms with Crippen LogP contribution < -0.4 is 4.74 Å². The maximum absolute atomic E-state index is 11.6. The molecule has 0 aliphatic carbocycles. The van der Waals surface area contributed by atoms with E-state index in [2.05, 4.69) is 15.9 Å². The van der Waals surface area contributed by atoms with Crippen LogP contribution in [-0.4, -0.2) is 26.6 Å². The second-order valence-electron chi connectivity index (χ2n) is 2.68. The molecule has 0 aliphatic heterocycles. The van der Waals surface area contributed by atoms with E-state index in [1.165, 1.54) is 0 Å². The van der Waals surface area contributed by atoms with E-state index in [1.54, 1.807) is 31.4 Å². The Kier molecular flexibility index (Phi) is 3.95. The van der Waals surface area contributed by atoms with E-state index in [0.29, 0.717) is 16.0 Å². The standard InChI is InChI=1S/C9H11BrO3S/c1-13-8-2-4-9(5-3-8)14(11,12)7-6-10/h2-5H,6-7H2,1H3. The normalized spacial score (nSPS) is 11.3. The first-order valence-corrected chi connectivity index (χ1v) is 6.80. The molecule has 0 heterocycles. The predicted octanol–water partition coefficient (Wildman–Crippen LogP) is 1.86. The zero-order valence-corrected chi connectivity index (χ0v) is 10.1. The van der Waals surface area contributed by atoms with E-state index in [1.807, 2.05) is 0 Å². The highest BCUT2D eigenvalue weighted by molar-refractivity contribution is 9.09. The molecule has 0 saturated heterocycles. The summed E-state index contributed by atoms with van der Waals surface area (Å²) in [6.07, 6.45) is 0. The molecule has 1 aromatic carbocycles. The van der Waals surface area contributed by atoms with Crippen molar-refractivity contribution >= 4 is 25.8 Å². The van der Waals surface area contributed by atoms with E-state index in [4.69, 9.17) is 4.74 Å². The van der Waals surface area contributed by atoms with Crippen molar-refractivity contribution in [3.8, 4) is 5.75 Å². The Bertz CT molecular complexity index is 383. The minimum Gasteiger partial charge on any atom is -0.497 e. The second-order valence-corrected chi connectivity index (χ2v) is 5.59. The molecule has 14 heavy (non-hydrogen) atoms. The highest BCUT2D eigenvalue weighted by atomic mass is 79.9. The first-order valence-electron chi connectivity index (χ1n) is 4.03. The number of sulfone groups is 1. The molecule has 0 unspecified atom stereocenters. The van der Waals surface area contributed by atoms with Crippen LogP contribution in [0.1, 0.15) is 0 Å².